The Kier molecular flexibility index (Phi) is 6.90. The Hall–Kier alpha value is -4.12. The standard InChI is InChI=1S/C21H17F3N4O4/c1-31-28-19(29)18-12-17(8-9-25-18)32-16-7-3-6-15(11-16)27-20(30)26-14-5-2-4-13(10-14)21(22,23)24/h2-12H,1H3,(H,28,29)(H2,26,27,30). The highest BCUT2D eigenvalue weighted by Crippen LogP contribution is 2.30. The number of halogens is 3. The van der Waals surface area contributed by atoms with Gasteiger partial charge in [-0.3, -0.25) is 14.6 Å². The van der Waals surface area contributed by atoms with E-state index < -0.39 is 23.7 Å². The number of rotatable bonds is 6. The van der Waals surface area contributed by atoms with Crippen molar-refractivity contribution in [3.63, 3.8) is 0 Å². The molecule has 0 spiro atoms. The lowest BCUT2D eigenvalue weighted by Gasteiger charge is -2.12. The van der Waals surface area contributed by atoms with Crippen molar-refractivity contribution in [2.75, 3.05) is 17.7 Å². The topological polar surface area (TPSA) is 102 Å². The number of benzene rings is 2. The first-order valence-electron chi connectivity index (χ1n) is 9.07. The zero-order valence-corrected chi connectivity index (χ0v) is 16.6. The Morgan fingerprint density at radius 3 is 2.25 bits per heavy atom. The summed E-state index contributed by atoms with van der Waals surface area (Å²) in [7, 11) is 1.29. The number of nitrogens with one attached hydrogen (secondary N) is 3. The summed E-state index contributed by atoms with van der Waals surface area (Å²) in [4.78, 5) is 32.4. The Morgan fingerprint density at radius 1 is 0.906 bits per heavy atom. The van der Waals surface area contributed by atoms with E-state index in [-0.39, 0.29) is 11.4 Å². The number of hydroxylamine groups is 1. The Bertz CT molecular complexity index is 1120. The quantitative estimate of drug-likeness (QED) is 0.471. The van der Waals surface area contributed by atoms with Gasteiger partial charge in [0.15, 0.2) is 0 Å². The van der Waals surface area contributed by atoms with Crippen LogP contribution in [0.4, 0.5) is 29.3 Å². The maximum atomic E-state index is 12.8. The molecule has 0 saturated heterocycles. The number of aromatic nitrogens is 1. The van der Waals surface area contributed by atoms with E-state index in [1.807, 2.05) is 0 Å². The summed E-state index contributed by atoms with van der Waals surface area (Å²) in [5, 5.41) is 4.87. The average Bonchev–Trinajstić information content (AvgIpc) is 2.74. The maximum absolute atomic E-state index is 12.8. The molecule has 1 heterocycles. The van der Waals surface area contributed by atoms with Crippen molar-refractivity contribution in [3.05, 3.63) is 78.1 Å². The molecule has 0 bridgehead atoms. The number of hydrogen-bond acceptors (Lipinski definition) is 5. The van der Waals surface area contributed by atoms with Gasteiger partial charge in [-0.1, -0.05) is 12.1 Å². The second kappa shape index (κ2) is 9.79. The molecule has 11 heteroatoms. The number of hydrogen-bond donors (Lipinski definition) is 3. The van der Waals surface area contributed by atoms with Gasteiger partial charge in [0.05, 0.1) is 12.7 Å². The molecular formula is C21H17F3N4O4. The van der Waals surface area contributed by atoms with E-state index in [0.29, 0.717) is 17.2 Å². The highest BCUT2D eigenvalue weighted by Gasteiger charge is 2.30. The number of nitrogens with zero attached hydrogens (tertiary/aromatic N) is 1. The minimum Gasteiger partial charge on any atom is -0.457 e. The number of carbonyl (C=O) groups is 2. The molecule has 32 heavy (non-hydrogen) atoms. The molecule has 0 aliphatic rings. The van der Waals surface area contributed by atoms with Crippen molar-refractivity contribution >= 4 is 23.3 Å². The van der Waals surface area contributed by atoms with E-state index in [4.69, 9.17) is 4.74 Å². The molecule has 3 amide bonds. The molecule has 3 N–H and O–H groups in total. The van der Waals surface area contributed by atoms with Crippen molar-refractivity contribution in [3.8, 4) is 11.5 Å². The summed E-state index contributed by atoms with van der Waals surface area (Å²) in [5.41, 5.74) is 1.66. The van der Waals surface area contributed by atoms with Gasteiger partial charge in [-0.2, -0.15) is 13.2 Å². The van der Waals surface area contributed by atoms with Gasteiger partial charge in [0.1, 0.15) is 17.2 Å². The second-order valence-corrected chi connectivity index (χ2v) is 6.30. The predicted octanol–water partition coefficient (Wildman–Crippen LogP) is 4.83. The van der Waals surface area contributed by atoms with Gasteiger partial charge in [0.2, 0.25) is 0 Å². The Balaban J connectivity index is 1.66. The van der Waals surface area contributed by atoms with Gasteiger partial charge in [0, 0.05) is 29.7 Å². The van der Waals surface area contributed by atoms with E-state index in [9.17, 15) is 22.8 Å². The van der Waals surface area contributed by atoms with E-state index in [1.165, 1.54) is 43.6 Å². The molecule has 0 saturated carbocycles. The van der Waals surface area contributed by atoms with Crippen LogP contribution in [-0.2, 0) is 11.0 Å². The number of pyridine rings is 1. The first-order valence-corrected chi connectivity index (χ1v) is 9.07. The number of anilines is 2. The molecule has 1 aromatic heterocycles. The highest BCUT2D eigenvalue weighted by molar-refractivity contribution is 5.99. The van der Waals surface area contributed by atoms with Crippen LogP contribution in [0.5, 0.6) is 11.5 Å². The van der Waals surface area contributed by atoms with Gasteiger partial charge < -0.3 is 15.4 Å². The van der Waals surface area contributed by atoms with Gasteiger partial charge in [-0.15, -0.1) is 0 Å². The molecule has 0 aliphatic carbocycles. The van der Waals surface area contributed by atoms with Crippen molar-refractivity contribution in [1.29, 1.82) is 0 Å². The number of alkyl halides is 3. The first kappa shape index (κ1) is 22.6. The SMILES string of the molecule is CONC(=O)c1cc(Oc2cccc(NC(=O)Nc3cccc(C(F)(F)F)c3)c2)ccn1. The number of ether oxygens (including phenoxy) is 1. The third-order valence-electron chi connectivity index (χ3n) is 3.93. The van der Waals surface area contributed by atoms with Gasteiger partial charge in [-0.25, -0.2) is 10.3 Å². The van der Waals surface area contributed by atoms with Crippen LogP contribution in [0.15, 0.2) is 66.9 Å². The molecule has 2 aromatic carbocycles. The zero-order valence-electron chi connectivity index (χ0n) is 16.6. The van der Waals surface area contributed by atoms with E-state index in [1.54, 1.807) is 18.2 Å². The lowest BCUT2D eigenvalue weighted by molar-refractivity contribution is -0.137. The van der Waals surface area contributed by atoms with Gasteiger partial charge >= 0.3 is 12.2 Å². The van der Waals surface area contributed by atoms with Gasteiger partial charge in [-0.05, 0) is 36.4 Å². The summed E-state index contributed by atoms with van der Waals surface area (Å²) in [5.74, 6) is 0.0950. The molecule has 166 valence electrons. The minimum absolute atomic E-state index is 0.0108. The lowest BCUT2D eigenvalue weighted by Crippen LogP contribution is -2.22. The molecule has 0 radical (unpaired) electrons. The van der Waals surface area contributed by atoms with Crippen LogP contribution in [0.3, 0.4) is 0 Å². The summed E-state index contributed by atoms with van der Waals surface area (Å²) in [6, 6.07) is 12.8. The summed E-state index contributed by atoms with van der Waals surface area (Å²) in [6.45, 7) is 0. The van der Waals surface area contributed by atoms with Crippen LogP contribution in [0.1, 0.15) is 16.1 Å². The largest absolute Gasteiger partial charge is 0.457 e. The van der Waals surface area contributed by atoms with Crippen LogP contribution >= 0.6 is 0 Å². The molecule has 3 aromatic rings. The van der Waals surface area contributed by atoms with Crippen LogP contribution in [0.25, 0.3) is 0 Å². The van der Waals surface area contributed by atoms with E-state index in [0.717, 1.165) is 12.1 Å². The molecule has 0 atom stereocenters. The van der Waals surface area contributed by atoms with Crippen LogP contribution < -0.4 is 20.9 Å². The number of urea groups is 1. The molecule has 3 rings (SSSR count). The monoisotopic (exact) mass is 446 g/mol. The maximum Gasteiger partial charge on any atom is 0.416 e. The highest BCUT2D eigenvalue weighted by atomic mass is 19.4. The van der Waals surface area contributed by atoms with Gasteiger partial charge in [0.25, 0.3) is 5.91 Å². The third kappa shape index (κ3) is 6.19. The fourth-order valence-electron chi connectivity index (χ4n) is 2.58. The Labute approximate surface area is 180 Å². The number of amides is 3. The zero-order chi connectivity index (χ0) is 23.1. The minimum atomic E-state index is -4.52. The molecule has 0 unspecified atom stereocenters. The third-order valence-corrected chi connectivity index (χ3v) is 3.93. The first-order chi connectivity index (χ1) is 15.2. The van der Waals surface area contributed by atoms with Crippen LogP contribution in [-0.4, -0.2) is 24.0 Å². The second-order valence-electron chi connectivity index (χ2n) is 6.30. The van der Waals surface area contributed by atoms with Crippen molar-refractivity contribution in [2.45, 2.75) is 6.18 Å². The molecular weight excluding hydrogens is 429 g/mol. The fourth-order valence-corrected chi connectivity index (χ4v) is 2.58. The summed E-state index contributed by atoms with van der Waals surface area (Å²) >= 11 is 0. The van der Waals surface area contributed by atoms with Crippen LogP contribution in [0, 0.1) is 0 Å². The summed E-state index contributed by atoms with van der Waals surface area (Å²) in [6.07, 6.45) is -3.14. The number of carbonyl (C=O) groups excluding carboxylic acids is 2. The lowest BCUT2D eigenvalue weighted by atomic mass is 10.2. The molecule has 0 aliphatic heterocycles. The van der Waals surface area contributed by atoms with E-state index in [2.05, 4.69) is 25.9 Å². The predicted molar refractivity (Wildman–Crippen MR) is 109 cm³/mol. The Morgan fingerprint density at radius 2 is 1.56 bits per heavy atom. The van der Waals surface area contributed by atoms with Crippen molar-refractivity contribution in [2.24, 2.45) is 0 Å². The van der Waals surface area contributed by atoms with Crippen LogP contribution in [0.2, 0.25) is 0 Å². The van der Waals surface area contributed by atoms with Crippen molar-refractivity contribution in [1.82, 2.24) is 10.5 Å². The normalized spacial score (nSPS) is 10.9. The average molecular weight is 446 g/mol. The fraction of sp³-hybridized carbons (Fsp3) is 0.0952. The summed E-state index contributed by atoms with van der Waals surface area (Å²) < 4.78 is 44.1. The van der Waals surface area contributed by atoms with E-state index >= 15 is 0 Å². The smallest absolute Gasteiger partial charge is 0.416 e. The molecule has 0 fully saturated rings. The van der Waals surface area contributed by atoms with Crippen molar-refractivity contribution < 1.29 is 32.3 Å². The molecule has 8 nitrogen and oxygen atoms in total.